The largest absolute Gasteiger partial charge is 0.444 e. The second-order valence-corrected chi connectivity index (χ2v) is 4.66. The Morgan fingerprint density at radius 1 is 1.41 bits per heavy atom. The van der Waals surface area contributed by atoms with Gasteiger partial charge in [-0.1, -0.05) is 6.42 Å². The van der Waals surface area contributed by atoms with Gasteiger partial charge in [0.2, 0.25) is 5.89 Å². The van der Waals surface area contributed by atoms with E-state index >= 15 is 0 Å². The predicted molar refractivity (Wildman–Crippen MR) is 56.8 cm³/mol. The highest BCUT2D eigenvalue weighted by atomic mass is 35.5. The van der Waals surface area contributed by atoms with Gasteiger partial charge in [0.05, 0.1) is 18.0 Å². The van der Waals surface area contributed by atoms with E-state index in [-0.39, 0.29) is 24.6 Å². The number of alkyl halides is 4. The van der Waals surface area contributed by atoms with Crippen LogP contribution >= 0.6 is 11.6 Å². The van der Waals surface area contributed by atoms with Crippen molar-refractivity contribution in [3.05, 3.63) is 17.8 Å². The van der Waals surface area contributed by atoms with Gasteiger partial charge in [-0.2, -0.15) is 13.2 Å². The molecule has 6 heteroatoms. The smallest absolute Gasteiger partial charge is 0.391 e. The van der Waals surface area contributed by atoms with Gasteiger partial charge in [-0.15, -0.1) is 11.6 Å². The van der Waals surface area contributed by atoms with Crippen molar-refractivity contribution >= 4 is 11.6 Å². The molecule has 0 aliphatic heterocycles. The number of oxazole rings is 1. The van der Waals surface area contributed by atoms with Crippen LogP contribution < -0.4 is 0 Å². The average molecular weight is 268 g/mol. The topological polar surface area (TPSA) is 26.0 Å². The molecule has 2 rings (SSSR count). The van der Waals surface area contributed by atoms with Gasteiger partial charge in [0, 0.05) is 5.92 Å². The van der Waals surface area contributed by atoms with Gasteiger partial charge in [-0.25, -0.2) is 4.98 Å². The first kappa shape index (κ1) is 12.7. The fraction of sp³-hybridized carbons (Fsp3) is 0.727. The van der Waals surface area contributed by atoms with Crippen molar-refractivity contribution in [3.8, 4) is 0 Å². The Bertz CT molecular complexity index is 377. The van der Waals surface area contributed by atoms with Crippen LogP contribution in [0.1, 0.15) is 43.3 Å². The molecule has 0 aromatic carbocycles. The fourth-order valence-electron chi connectivity index (χ4n) is 2.32. The quantitative estimate of drug-likeness (QED) is 0.749. The van der Waals surface area contributed by atoms with Gasteiger partial charge < -0.3 is 4.42 Å². The summed E-state index contributed by atoms with van der Waals surface area (Å²) < 4.78 is 43.2. The minimum absolute atomic E-state index is 0.0976. The number of halogens is 4. The molecule has 0 N–H and O–H groups in total. The average Bonchev–Trinajstić information content (AvgIpc) is 2.76. The van der Waals surface area contributed by atoms with Crippen molar-refractivity contribution in [3.63, 3.8) is 0 Å². The first-order chi connectivity index (χ1) is 8.00. The molecule has 1 aliphatic carbocycles. The number of nitrogens with zero attached hydrogens (tertiary/aromatic N) is 1. The van der Waals surface area contributed by atoms with Gasteiger partial charge in [0.15, 0.2) is 0 Å². The van der Waals surface area contributed by atoms with Gasteiger partial charge >= 0.3 is 6.18 Å². The molecular weight excluding hydrogens is 255 g/mol. The standard InChI is InChI=1S/C11H13ClF3NO/c12-5-10-16-6-9(17-10)7-2-1-3-8(4-7)11(13,14)15/h6-8H,1-5H2. The molecule has 0 spiro atoms. The number of hydrogen-bond donors (Lipinski definition) is 0. The first-order valence-corrected chi connectivity index (χ1v) is 6.11. The molecule has 0 amide bonds. The summed E-state index contributed by atoms with van der Waals surface area (Å²) in [5, 5.41) is 0. The zero-order valence-corrected chi connectivity index (χ0v) is 9.89. The van der Waals surface area contributed by atoms with Crippen LogP contribution in [0.25, 0.3) is 0 Å². The van der Waals surface area contributed by atoms with Crippen LogP contribution in [-0.4, -0.2) is 11.2 Å². The summed E-state index contributed by atoms with van der Waals surface area (Å²) >= 11 is 5.54. The maximum Gasteiger partial charge on any atom is 0.391 e. The molecule has 1 aromatic rings. The summed E-state index contributed by atoms with van der Waals surface area (Å²) in [6, 6.07) is 0. The van der Waals surface area contributed by atoms with Crippen LogP contribution in [-0.2, 0) is 5.88 Å². The Balaban J connectivity index is 2.06. The van der Waals surface area contributed by atoms with E-state index in [1.54, 1.807) is 0 Å². The van der Waals surface area contributed by atoms with Crippen molar-refractivity contribution in [2.75, 3.05) is 0 Å². The van der Waals surface area contributed by atoms with Crippen LogP contribution in [0, 0.1) is 5.92 Å². The zero-order chi connectivity index (χ0) is 12.5. The maximum atomic E-state index is 12.6. The van der Waals surface area contributed by atoms with Crippen LogP contribution in [0.4, 0.5) is 13.2 Å². The van der Waals surface area contributed by atoms with Crippen LogP contribution in [0.15, 0.2) is 10.6 Å². The Morgan fingerprint density at radius 2 is 2.18 bits per heavy atom. The van der Waals surface area contributed by atoms with Crippen molar-refractivity contribution in [2.45, 2.75) is 43.7 Å². The van der Waals surface area contributed by atoms with Gasteiger partial charge in [-0.3, -0.25) is 0 Å². The molecule has 1 aliphatic rings. The summed E-state index contributed by atoms with van der Waals surface area (Å²) in [6.45, 7) is 0. The van der Waals surface area contributed by atoms with Crippen LogP contribution in [0.3, 0.4) is 0 Å². The lowest BCUT2D eigenvalue weighted by Gasteiger charge is -2.29. The highest BCUT2D eigenvalue weighted by molar-refractivity contribution is 6.16. The molecule has 2 unspecified atom stereocenters. The number of rotatable bonds is 2. The van der Waals surface area contributed by atoms with E-state index in [9.17, 15) is 13.2 Å². The Labute approximate surface area is 102 Å². The lowest BCUT2D eigenvalue weighted by molar-refractivity contribution is -0.183. The monoisotopic (exact) mass is 267 g/mol. The van der Waals surface area contributed by atoms with E-state index in [0.29, 0.717) is 18.1 Å². The van der Waals surface area contributed by atoms with Crippen molar-refractivity contribution in [1.29, 1.82) is 0 Å². The van der Waals surface area contributed by atoms with E-state index in [2.05, 4.69) is 4.98 Å². The minimum Gasteiger partial charge on any atom is -0.444 e. The van der Waals surface area contributed by atoms with E-state index in [1.807, 2.05) is 0 Å². The molecule has 1 fully saturated rings. The summed E-state index contributed by atoms with van der Waals surface area (Å²) in [4.78, 5) is 3.92. The fourth-order valence-corrected chi connectivity index (χ4v) is 2.44. The predicted octanol–water partition coefficient (Wildman–Crippen LogP) is 4.25. The molecular formula is C11H13ClF3NO. The van der Waals surface area contributed by atoms with Gasteiger partial charge in [0.1, 0.15) is 5.76 Å². The molecule has 1 aromatic heterocycles. The summed E-state index contributed by atoms with van der Waals surface area (Å²) in [5.41, 5.74) is 0. The van der Waals surface area contributed by atoms with Crippen LogP contribution in [0.2, 0.25) is 0 Å². The highest BCUT2D eigenvalue weighted by Gasteiger charge is 2.43. The molecule has 96 valence electrons. The van der Waals surface area contributed by atoms with E-state index in [4.69, 9.17) is 16.0 Å². The van der Waals surface area contributed by atoms with Crippen molar-refractivity contribution in [1.82, 2.24) is 4.98 Å². The molecule has 17 heavy (non-hydrogen) atoms. The highest BCUT2D eigenvalue weighted by Crippen LogP contribution is 2.43. The van der Waals surface area contributed by atoms with Crippen molar-refractivity contribution in [2.24, 2.45) is 5.92 Å². The Kier molecular flexibility index (Phi) is 3.66. The molecule has 2 atom stereocenters. The second-order valence-electron chi connectivity index (χ2n) is 4.39. The summed E-state index contributed by atoms with van der Waals surface area (Å²) in [7, 11) is 0. The third kappa shape index (κ3) is 2.94. The Hall–Kier alpha value is -0.710. The first-order valence-electron chi connectivity index (χ1n) is 5.58. The normalized spacial score (nSPS) is 26.1. The lowest BCUT2D eigenvalue weighted by atomic mass is 9.80. The van der Waals surface area contributed by atoms with E-state index < -0.39 is 12.1 Å². The SMILES string of the molecule is FC(F)(F)C1CCCC(c2cnc(CCl)o2)C1. The van der Waals surface area contributed by atoms with Crippen molar-refractivity contribution < 1.29 is 17.6 Å². The Morgan fingerprint density at radius 3 is 2.76 bits per heavy atom. The number of hydrogen-bond acceptors (Lipinski definition) is 2. The van der Waals surface area contributed by atoms with Gasteiger partial charge in [0.25, 0.3) is 0 Å². The molecule has 2 nitrogen and oxygen atoms in total. The molecule has 1 saturated carbocycles. The zero-order valence-electron chi connectivity index (χ0n) is 9.13. The number of aromatic nitrogens is 1. The van der Waals surface area contributed by atoms with Crippen LogP contribution in [0.5, 0.6) is 0 Å². The molecule has 0 radical (unpaired) electrons. The molecule has 0 saturated heterocycles. The maximum absolute atomic E-state index is 12.6. The summed E-state index contributed by atoms with van der Waals surface area (Å²) in [6.07, 6.45) is -0.985. The lowest BCUT2D eigenvalue weighted by Crippen LogP contribution is -2.27. The minimum atomic E-state index is -4.10. The van der Waals surface area contributed by atoms with Gasteiger partial charge in [-0.05, 0) is 19.3 Å². The third-order valence-corrected chi connectivity index (χ3v) is 3.45. The third-order valence-electron chi connectivity index (χ3n) is 3.23. The molecule has 1 heterocycles. The summed E-state index contributed by atoms with van der Waals surface area (Å²) in [5.74, 6) is -0.342. The second kappa shape index (κ2) is 4.88. The molecule has 0 bridgehead atoms. The van der Waals surface area contributed by atoms with E-state index in [1.165, 1.54) is 6.20 Å². The van der Waals surface area contributed by atoms with E-state index in [0.717, 1.165) is 6.42 Å².